The first kappa shape index (κ1) is 19.9. The molecule has 0 bridgehead atoms. The summed E-state index contributed by atoms with van der Waals surface area (Å²) >= 11 is 1.77. The topological polar surface area (TPSA) is 76.4 Å². The molecule has 3 aromatic rings. The number of aliphatic imine (C=N–C) groups is 1. The third kappa shape index (κ3) is 6.09. The van der Waals surface area contributed by atoms with Gasteiger partial charge in [0.15, 0.2) is 11.8 Å². The fourth-order valence-corrected chi connectivity index (χ4v) is 3.24. The van der Waals surface area contributed by atoms with Gasteiger partial charge in [-0.05, 0) is 36.9 Å². The van der Waals surface area contributed by atoms with Gasteiger partial charge in [0, 0.05) is 18.5 Å². The highest BCUT2D eigenvalue weighted by molar-refractivity contribution is 7.09. The quantitative estimate of drug-likeness (QED) is 0.329. The van der Waals surface area contributed by atoms with Gasteiger partial charge in [-0.25, -0.2) is 4.99 Å². The predicted octanol–water partition coefficient (Wildman–Crippen LogP) is 2.54. The van der Waals surface area contributed by atoms with Crippen molar-refractivity contribution in [3.05, 3.63) is 64.4 Å². The maximum absolute atomic E-state index is 5.73. The Bertz CT molecular complexity index is 860. The van der Waals surface area contributed by atoms with Gasteiger partial charge in [-0.2, -0.15) is 0 Å². The number of nitrogens with one attached hydrogen (secondary N) is 2. The standard InChI is InChI=1S/C20H26N6OS/c1-16-24-25-19(26(16)2)15-23-20(21-11-10-18-9-6-14-28-18)22-12-13-27-17-7-4-3-5-8-17/h3-9,14H,10-13,15H2,1-2H3,(H2,21,22,23). The SMILES string of the molecule is Cc1nnc(CN=C(NCCOc2ccccc2)NCCc2cccs2)n1C. The van der Waals surface area contributed by atoms with Crippen LogP contribution in [0.1, 0.15) is 16.5 Å². The summed E-state index contributed by atoms with van der Waals surface area (Å²) in [6, 6.07) is 14.0. The molecule has 3 rings (SSSR count). The lowest BCUT2D eigenvalue weighted by Gasteiger charge is -2.13. The normalized spacial score (nSPS) is 11.4. The van der Waals surface area contributed by atoms with E-state index in [1.54, 1.807) is 11.3 Å². The zero-order valence-electron chi connectivity index (χ0n) is 16.3. The van der Waals surface area contributed by atoms with Crippen molar-refractivity contribution in [2.45, 2.75) is 19.9 Å². The van der Waals surface area contributed by atoms with E-state index in [1.807, 2.05) is 48.9 Å². The number of ether oxygens (including phenoxy) is 1. The summed E-state index contributed by atoms with van der Waals surface area (Å²) in [5.41, 5.74) is 0. The Morgan fingerprint density at radius 2 is 1.93 bits per heavy atom. The molecule has 0 saturated carbocycles. The molecule has 1 aromatic carbocycles. The molecule has 148 valence electrons. The van der Waals surface area contributed by atoms with E-state index in [9.17, 15) is 0 Å². The van der Waals surface area contributed by atoms with E-state index in [0.29, 0.717) is 19.7 Å². The molecule has 0 amide bonds. The Balaban J connectivity index is 1.51. The number of hydrogen-bond acceptors (Lipinski definition) is 5. The van der Waals surface area contributed by atoms with Gasteiger partial charge in [0.1, 0.15) is 24.7 Å². The Morgan fingerprint density at radius 1 is 1.11 bits per heavy atom. The van der Waals surface area contributed by atoms with Crippen molar-refractivity contribution in [3.63, 3.8) is 0 Å². The molecule has 8 heteroatoms. The first-order chi connectivity index (χ1) is 13.7. The lowest BCUT2D eigenvalue weighted by molar-refractivity contribution is 0.322. The smallest absolute Gasteiger partial charge is 0.191 e. The van der Waals surface area contributed by atoms with Crippen molar-refractivity contribution < 1.29 is 4.74 Å². The number of benzene rings is 1. The highest BCUT2D eigenvalue weighted by atomic mass is 32.1. The fraction of sp³-hybridized carbons (Fsp3) is 0.350. The maximum atomic E-state index is 5.73. The number of thiophene rings is 1. The van der Waals surface area contributed by atoms with Gasteiger partial charge in [-0.15, -0.1) is 21.5 Å². The van der Waals surface area contributed by atoms with Gasteiger partial charge < -0.3 is 19.9 Å². The summed E-state index contributed by atoms with van der Waals surface area (Å²) in [7, 11) is 1.95. The summed E-state index contributed by atoms with van der Waals surface area (Å²) in [4.78, 5) is 6.00. The first-order valence-corrected chi connectivity index (χ1v) is 10.2. The van der Waals surface area contributed by atoms with Gasteiger partial charge >= 0.3 is 0 Å². The molecule has 28 heavy (non-hydrogen) atoms. The molecule has 0 aliphatic carbocycles. The van der Waals surface area contributed by atoms with E-state index in [4.69, 9.17) is 4.74 Å². The van der Waals surface area contributed by atoms with Crippen molar-refractivity contribution in [2.24, 2.45) is 12.0 Å². The molecular formula is C20H26N6OS. The summed E-state index contributed by atoms with van der Waals surface area (Å²) in [5, 5.41) is 17.1. The second-order valence-corrected chi connectivity index (χ2v) is 7.26. The molecular weight excluding hydrogens is 372 g/mol. The van der Waals surface area contributed by atoms with Gasteiger partial charge in [0.2, 0.25) is 0 Å². The van der Waals surface area contributed by atoms with Crippen LogP contribution in [0.5, 0.6) is 5.75 Å². The lowest BCUT2D eigenvalue weighted by Crippen LogP contribution is -2.40. The van der Waals surface area contributed by atoms with Crippen molar-refractivity contribution >= 4 is 17.3 Å². The molecule has 0 unspecified atom stereocenters. The molecule has 2 heterocycles. The summed E-state index contributed by atoms with van der Waals surface area (Å²) in [6.07, 6.45) is 0.960. The maximum Gasteiger partial charge on any atom is 0.191 e. The van der Waals surface area contributed by atoms with Gasteiger partial charge in [-0.3, -0.25) is 0 Å². The number of rotatable bonds is 9. The fourth-order valence-electron chi connectivity index (χ4n) is 2.53. The molecule has 0 atom stereocenters. The van der Waals surface area contributed by atoms with Gasteiger partial charge in [0.25, 0.3) is 0 Å². The Hall–Kier alpha value is -2.87. The zero-order valence-corrected chi connectivity index (χ0v) is 17.1. The second-order valence-electron chi connectivity index (χ2n) is 6.23. The Labute approximate surface area is 169 Å². The Morgan fingerprint density at radius 3 is 2.64 bits per heavy atom. The van der Waals surface area contributed by atoms with Crippen LogP contribution in [0.2, 0.25) is 0 Å². The minimum Gasteiger partial charge on any atom is -0.492 e. The molecule has 0 spiro atoms. The van der Waals surface area contributed by atoms with Crippen LogP contribution in [-0.2, 0) is 20.0 Å². The number of aromatic nitrogens is 3. The highest BCUT2D eigenvalue weighted by Gasteiger charge is 2.05. The van der Waals surface area contributed by atoms with E-state index in [2.05, 4.69) is 43.3 Å². The van der Waals surface area contributed by atoms with E-state index in [1.165, 1.54) is 4.88 Å². The minimum atomic E-state index is 0.464. The largest absolute Gasteiger partial charge is 0.492 e. The van der Waals surface area contributed by atoms with Crippen LogP contribution < -0.4 is 15.4 Å². The number of aryl methyl sites for hydroxylation is 1. The monoisotopic (exact) mass is 398 g/mol. The van der Waals surface area contributed by atoms with Crippen molar-refractivity contribution in [1.29, 1.82) is 0 Å². The van der Waals surface area contributed by atoms with Crippen molar-refractivity contribution in [1.82, 2.24) is 25.4 Å². The highest BCUT2D eigenvalue weighted by Crippen LogP contribution is 2.08. The van der Waals surface area contributed by atoms with Crippen LogP contribution in [0.3, 0.4) is 0 Å². The van der Waals surface area contributed by atoms with E-state index < -0.39 is 0 Å². The number of nitrogens with zero attached hydrogens (tertiary/aromatic N) is 4. The molecule has 2 N–H and O–H groups in total. The molecule has 0 aliphatic heterocycles. The summed E-state index contributed by atoms with van der Waals surface area (Å²) < 4.78 is 7.68. The van der Waals surface area contributed by atoms with Crippen molar-refractivity contribution in [3.8, 4) is 5.75 Å². The minimum absolute atomic E-state index is 0.464. The molecule has 0 saturated heterocycles. The molecule has 0 fully saturated rings. The molecule has 2 aromatic heterocycles. The Kier molecular flexibility index (Phi) is 7.43. The predicted molar refractivity (Wildman–Crippen MR) is 113 cm³/mol. The molecule has 7 nitrogen and oxygen atoms in total. The van der Waals surface area contributed by atoms with Crippen LogP contribution in [0, 0.1) is 6.92 Å². The number of para-hydroxylation sites is 1. The van der Waals surface area contributed by atoms with Crippen LogP contribution in [0.15, 0.2) is 52.8 Å². The van der Waals surface area contributed by atoms with Crippen LogP contribution in [-0.4, -0.2) is 40.4 Å². The van der Waals surface area contributed by atoms with Gasteiger partial charge in [0.05, 0.1) is 6.54 Å². The zero-order chi connectivity index (χ0) is 19.6. The van der Waals surface area contributed by atoms with E-state index in [-0.39, 0.29) is 0 Å². The van der Waals surface area contributed by atoms with Crippen molar-refractivity contribution in [2.75, 3.05) is 19.7 Å². The summed E-state index contributed by atoms with van der Waals surface area (Å²) in [5.74, 6) is 3.32. The lowest BCUT2D eigenvalue weighted by atomic mass is 10.3. The number of guanidine groups is 1. The third-order valence-corrected chi connectivity index (χ3v) is 5.15. The van der Waals surface area contributed by atoms with E-state index in [0.717, 1.165) is 36.3 Å². The second kappa shape index (κ2) is 10.5. The van der Waals surface area contributed by atoms with E-state index >= 15 is 0 Å². The van der Waals surface area contributed by atoms with Crippen LogP contribution in [0.25, 0.3) is 0 Å². The average molecular weight is 399 g/mol. The molecule has 0 aliphatic rings. The van der Waals surface area contributed by atoms with Crippen LogP contribution in [0.4, 0.5) is 0 Å². The number of hydrogen-bond donors (Lipinski definition) is 2. The van der Waals surface area contributed by atoms with Crippen LogP contribution >= 0.6 is 11.3 Å². The summed E-state index contributed by atoms with van der Waals surface area (Å²) in [6.45, 7) is 4.41. The average Bonchev–Trinajstić information content (AvgIpc) is 3.34. The molecule has 0 radical (unpaired) electrons. The van der Waals surface area contributed by atoms with Gasteiger partial charge in [-0.1, -0.05) is 24.3 Å². The third-order valence-electron chi connectivity index (χ3n) is 4.21. The first-order valence-electron chi connectivity index (χ1n) is 9.29.